The number of anilines is 1. The van der Waals surface area contributed by atoms with Crippen molar-refractivity contribution in [3.05, 3.63) is 65.9 Å². The van der Waals surface area contributed by atoms with Gasteiger partial charge in [-0.05, 0) is 55.8 Å². The molecular formula is C21H20FN5O2. The summed E-state index contributed by atoms with van der Waals surface area (Å²) in [5.41, 5.74) is 2.77. The summed E-state index contributed by atoms with van der Waals surface area (Å²) in [6.45, 7) is 4.34. The molecule has 1 N–H and O–H groups in total. The molecule has 2 amide bonds. The summed E-state index contributed by atoms with van der Waals surface area (Å²) < 4.78 is 20.3. The number of urea groups is 1. The van der Waals surface area contributed by atoms with E-state index in [0.29, 0.717) is 41.4 Å². The third-order valence-electron chi connectivity index (χ3n) is 4.92. The summed E-state index contributed by atoms with van der Waals surface area (Å²) in [6.07, 6.45) is 3.23. The van der Waals surface area contributed by atoms with Gasteiger partial charge in [-0.1, -0.05) is 0 Å². The van der Waals surface area contributed by atoms with Crippen LogP contribution in [0.1, 0.15) is 24.2 Å². The van der Waals surface area contributed by atoms with Crippen LogP contribution in [0, 0.1) is 12.7 Å². The quantitative estimate of drug-likeness (QED) is 0.713. The molecule has 0 unspecified atom stereocenters. The van der Waals surface area contributed by atoms with E-state index >= 15 is 0 Å². The molecule has 0 spiro atoms. The van der Waals surface area contributed by atoms with Gasteiger partial charge in [-0.3, -0.25) is 4.98 Å². The van der Waals surface area contributed by atoms with E-state index in [1.807, 2.05) is 13.0 Å². The number of nitrogens with zero attached hydrogens (tertiary/aromatic N) is 4. The molecular weight excluding hydrogens is 373 g/mol. The number of ether oxygens (including phenoxy) is 1. The summed E-state index contributed by atoms with van der Waals surface area (Å²) in [4.78, 5) is 18.9. The number of benzene rings is 1. The third kappa shape index (κ3) is 3.73. The monoisotopic (exact) mass is 393 g/mol. The van der Waals surface area contributed by atoms with Crippen molar-refractivity contribution >= 4 is 11.7 Å². The number of aromatic nitrogens is 3. The number of nitrogens with one attached hydrogen (secondary N) is 1. The van der Waals surface area contributed by atoms with E-state index in [9.17, 15) is 9.18 Å². The molecule has 3 heterocycles. The Kier molecular flexibility index (Phi) is 5.07. The van der Waals surface area contributed by atoms with Crippen LogP contribution in [0.4, 0.5) is 14.9 Å². The van der Waals surface area contributed by atoms with Gasteiger partial charge >= 0.3 is 6.03 Å². The number of halogens is 1. The molecule has 3 aromatic rings. The molecule has 1 atom stereocenters. The standard InChI is InChI=1S/C21H20FN5O2/c1-13-11-16(22)18(12-15(13)17-5-3-8-24-26-17)25-21(28)27-9-10-29-19-6-4-7-23-20(19)14(27)2/h3-8,11-12,14H,9-10H2,1-2H3,(H,25,28)/t14-/m1/s1. The maximum Gasteiger partial charge on any atom is 0.322 e. The van der Waals surface area contributed by atoms with Crippen molar-refractivity contribution in [1.82, 2.24) is 20.1 Å². The van der Waals surface area contributed by atoms with E-state index in [1.54, 1.807) is 48.5 Å². The second kappa shape index (κ2) is 7.83. The van der Waals surface area contributed by atoms with Crippen LogP contribution in [0.2, 0.25) is 0 Å². The Morgan fingerprint density at radius 3 is 2.90 bits per heavy atom. The molecule has 1 aliphatic rings. The van der Waals surface area contributed by atoms with Crippen molar-refractivity contribution in [2.24, 2.45) is 0 Å². The van der Waals surface area contributed by atoms with Gasteiger partial charge in [-0.2, -0.15) is 10.2 Å². The van der Waals surface area contributed by atoms with Gasteiger partial charge in [-0.15, -0.1) is 0 Å². The Labute approximate surface area is 167 Å². The molecule has 1 aliphatic heterocycles. The second-order valence-electron chi connectivity index (χ2n) is 6.79. The highest BCUT2D eigenvalue weighted by molar-refractivity contribution is 5.91. The largest absolute Gasteiger partial charge is 0.490 e. The van der Waals surface area contributed by atoms with E-state index < -0.39 is 11.8 Å². The molecule has 2 aromatic heterocycles. The Morgan fingerprint density at radius 1 is 1.28 bits per heavy atom. The summed E-state index contributed by atoms with van der Waals surface area (Å²) in [7, 11) is 0. The molecule has 29 heavy (non-hydrogen) atoms. The Hall–Kier alpha value is -3.55. The number of carbonyl (C=O) groups is 1. The van der Waals surface area contributed by atoms with E-state index in [0.717, 1.165) is 0 Å². The van der Waals surface area contributed by atoms with Crippen LogP contribution in [-0.4, -0.2) is 39.3 Å². The van der Waals surface area contributed by atoms with E-state index in [-0.39, 0.29) is 11.7 Å². The number of fused-ring (bicyclic) bond motifs is 1. The van der Waals surface area contributed by atoms with E-state index in [1.165, 1.54) is 6.07 Å². The Bertz CT molecular complexity index is 1040. The number of hydrogen-bond acceptors (Lipinski definition) is 5. The topological polar surface area (TPSA) is 80.2 Å². The van der Waals surface area contributed by atoms with Crippen molar-refractivity contribution in [2.75, 3.05) is 18.5 Å². The zero-order chi connectivity index (χ0) is 20.4. The number of hydrogen-bond donors (Lipinski definition) is 1. The van der Waals surface area contributed by atoms with Gasteiger partial charge < -0.3 is 15.0 Å². The van der Waals surface area contributed by atoms with E-state index in [2.05, 4.69) is 20.5 Å². The van der Waals surface area contributed by atoms with Gasteiger partial charge in [0.1, 0.15) is 23.9 Å². The van der Waals surface area contributed by atoms with Crippen LogP contribution < -0.4 is 10.1 Å². The van der Waals surface area contributed by atoms with Crippen LogP contribution in [0.5, 0.6) is 5.75 Å². The first-order chi connectivity index (χ1) is 14.0. The van der Waals surface area contributed by atoms with Crippen LogP contribution in [-0.2, 0) is 0 Å². The predicted octanol–water partition coefficient (Wildman–Crippen LogP) is 3.97. The van der Waals surface area contributed by atoms with Crippen molar-refractivity contribution in [3.8, 4) is 17.0 Å². The first-order valence-corrected chi connectivity index (χ1v) is 9.28. The number of carbonyl (C=O) groups excluding carboxylic acids is 1. The molecule has 148 valence electrons. The fourth-order valence-corrected chi connectivity index (χ4v) is 3.39. The lowest BCUT2D eigenvalue weighted by Gasteiger charge is -2.26. The van der Waals surface area contributed by atoms with Crippen LogP contribution in [0.15, 0.2) is 48.8 Å². The lowest BCUT2D eigenvalue weighted by atomic mass is 10.0. The smallest absolute Gasteiger partial charge is 0.322 e. The van der Waals surface area contributed by atoms with Crippen molar-refractivity contribution in [2.45, 2.75) is 19.9 Å². The summed E-state index contributed by atoms with van der Waals surface area (Å²) in [5.74, 6) is 0.141. The lowest BCUT2D eigenvalue weighted by molar-refractivity contribution is 0.185. The van der Waals surface area contributed by atoms with Crippen LogP contribution in [0.3, 0.4) is 0 Å². The maximum absolute atomic E-state index is 14.6. The zero-order valence-corrected chi connectivity index (χ0v) is 16.1. The fraction of sp³-hybridized carbons (Fsp3) is 0.238. The van der Waals surface area contributed by atoms with Gasteiger partial charge in [-0.25, -0.2) is 9.18 Å². The predicted molar refractivity (Wildman–Crippen MR) is 106 cm³/mol. The van der Waals surface area contributed by atoms with Crippen molar-refractivity contribution in [3.63, 3.8) is 0 Å². The molecule has 1 aromatic carbocycles. The van der Waals surface area contributed by atoms with Gasteiger partial charge in [0.15, 0.2) is 0 Å². The molecule has 0 saturated heterocycles. The fourth-order valence-electron chi connectivity index (χ4n) is 3.39. The van der Waals surface area contributed by atoms with Crippen LogP contribution >= 0.6 is 0 Å². The Balaban J connectivity index is 1.62. The highest BCUT2D eigenvalue weighted by Gasteiger charge is 2.28. The molecule has 0 aliphatic carbocycles. The first-order valence-electron chi connectivity index (χ1n) is 9.28. The summed E-state index contributed by atoms with van der Waals surface area (Å²) in [6, 6.07) is 9.38. The molecule has 7 nitrogen and oxygen atoms in total. The molecule has 0 radical (unpaired) electrons. The number of amides is 2. The normalized spacial score (nSPS) is 15.8. The van der Waals surface area contributed by atoms with Crippen LogP contribution in [0.25, 0.3) is 11.3 Å². The van der Waals surface area contributed by atoms with Gasteiger partial charge in [0.2, 0.25) is 0 Å². The number of rotatable bonds is 2. The molecule has 0 bridgehead atoms. The highest BCUT2D eigenvalue weighted by atomic mass is 19.1. The van der Waals surface area contributed by atoms with Crippen molar-refractivity contribution < 1.29 is 13.9 Å². The third-order valence-corrected chi connectivity index (χ3v) is 4.92. The average Bonchev–Trinajstić information content (AvgIpc) is 2.90. The summed E-state index contributed by atoms with van der Waals surface area (Å²) in [5, 5.41) is 10.6. The second-order valence-corrected chi connectivity index (χ2v) is 6.79. The minimum absolute atomic E-state index is 0.0832. The number of pyridine rings is 1. The van der Waals surface area contributed by atoms with E-state index in [4.69, 9.17) is 4.74 Å². The lowest BCUT2D eigenvalue weighted by Crippen LogP contribution is -2.38. The van der Waals surface area contributed by atoms with Gasteiger partial charge in [0.25, 0.3) is 0 Å². The number of aryl methyl sites for hydroxylation is 1. The minimum Gasteiger partial charge on any atom is -0.490 e. The summed E-state index contributed by atoms with van der Waals surface area (Å²) >= 11 is 0. The van der Waals surface area contributed by atoms with Gasteiger partial charge in [0.05, 0.1) is 24.0 Å². The zero-order valence-electron chi connectivity index (χ0n) is 16.1. The maximum atomic E-state index is 14.6. The first kappa shape index (κ1) is 18.8. The minimum atomic E-state index is -0.513. The average molecular weight is 393 g/mol. The molecule has 0 saturated carbocycles. The molecule has 0 fully saturated rings. The Morgan fingerprint density at radius 2 is 2.10 bits per heavy atom. The SMILES string of the molecule is Cc1cc(F)c(NC(=O)N2CCOc3cccnc3[C@H]2C)cc1-c1cccnn1. The van der Waals surface area contributed by atoms with Gasteiger partial charge in [0, 0.05) is 18.0 Å². The molecule has 8 heteroatoms. The highest BCUT2D eigenvalue weighted by Crippen LogP contribution is 2.31. The molecule has 4 rings (SSSR count). The van der Waals surface area contributed by atoms with Crippen molar-refractivity contribution in [1.29, 1.82) is 0 Å².